The Balaban J connectivity index is 2.25. The van der Waals surface area contributed by atoms with Crippen molar-refractivity contribution >= 4 is 6.29 Å². The van der Waals surface area contributed by atoms with Crippen LogP contribution in [-0.4, -0.2) is 12.9 Å². The van der Waals surface area contributed by atoms with Crippen molar-refractivity contribution in [3.63, 3.8) is 0 Å². The monoisotopic (exact) mass is 274 g/mol. The molecule has 0 N–H and O–H groups in total. The molecule has 4 heteroatoms. The molecule has 20 heavy (non-hydrogen) atoms. The minimum absolute atomic E-state index is 0.229. The fraction of sp³-hybridized carbons (Fsp3) is 0.188. The van der Waals surface area contributed by atoms with E-state index in [0.717, 1.165) is 12.5 Å². The number of para-hydroxylation sites is 2. The minimum atomic E-state index is -0.517. The highest BCUT2D eigenvalue weighted by Gasteiger charge is 2.07. The second kappa shape index (κ2) is 6.70. The van der Waals surface area contributed by atoms with Crippen LogP contribution in [0.15, 0.2) is 42.5 Å². The second-order valence-corrected chi connectivity index (χ2v) is 4.24. The molecule has 0 aliphatic heterocycles. The molecule has 3 nitrogen and oxygen atoms in total. The number of benzene rings is 2. The van der Waals surface area contributed by atoms with Crippen LogP contribution in [-0.2, 0) is 0 Å². The van der Waals surface area contributed by atoms with Gasteiger partial charge in [0, 0.05) is 11.6 Å². The average Bonchev–Trinajstić information content (AvgIpc) is 2.45. The molecule has 0 aliphatic carbocycles. The van der Waals surface area contributed by atoms with Gasteiger partial charge in [-0.1, -0.05) is 19.1 Å². The molecule has 2 rings (SSSR count). The molecule has 0 unspecified atom stereocenters. The molecule has 0 atom stereocenters. The smallest absolute Gasteiger partial charge is 0.169 e. The number of halogens is 1. The Kier molecular flexibility index (Phi) is 4.71. The van der Waals surface area contributed by atoms with Gasteiger partial charge in [-0.2, -0.15) is 0 Å². The van der Waals surface area contributed by atoms with Gasteiger partial charge in [-0.05, 0) is 30.7 Å². The Morgan fingerprint density at radius 2 is 1.90 bits per heavy atom. The van der Waals surface area contributed by atoms with E-state index in [1.807, 2.05) is 13.0 Å². The first-order valence-corrected chi connectivity index (χ1v) is 6.38. The van der Waals surface area contributed by atoms with Crippen molar-refractivity contribution in [1.82, 2.24) is 0 Å². The number of carbonyl (C=O) groups excluding carboxylic acids is 1. The molecule has 0 radical (unpaired) electrons. The zero-order valence-electron chi connectivity index (χ0n) is 11.1. The van der Waals surface area contributed by atoms with E-state index in [0.29, 0.717) is 24.4 Å². The molecule has 2 aromatic carbocycles. The van der Waals surface area contributed by atoms with Crippen LogP contribution in [0.25, 0.3) is 0 Å². The van der Waals surface area contributed by atoms with E-state index in [2.05, 4.69) is 0 Å². The van der Waals surface area contributed by atoms with Gasteiger partial charge in [0.1, 0.15) is 17.9 Å². The molecule has 0 amide bonds. The van der Waals surface area contributed by atoms with Crippen LogP contribution in [0.1, 0.15) is 23.7 Å². The molecule has 0 aliphatic rings. The van der Waals surface area contributed by atoms with Gasteiger partial charge in [0.05, 0.1) is 6.61 Å². The van der Waals surface area contributed by atoms with Crippen LogP contribution in [0.2, 0.25) is 0 Å². The number of rotatable bonds is 6. The molecule has 104 valence electrons. The SMILES string of the molecule is CCCOc1ccccc1Oc1cc(F)cc(C=O)c1. The van der Waals surface area contributed by atoms with Gasteiger partial charge in [0.25, 0.3) is 0 Å². The highest BCUT2D eigenvalue weighted by Crippen LogP contribution is 2.31. The van der Waals surface area contributed by atoms with E-state index >= 15 is 0 Å². The molecule has 0 saturated carbocycles. The van der Waals surface area contributed by atoms with Crippen molar-refractivity contribution in [2.45, 2.75) is 13.3 Å². The zero-order chi connectivity index (χ0) is 14.4. The molecule has 2 aromatic rings. The third kappa shape index (κ3) is 3.57. The van der Waals surface area contributed by atoms with Gasteiger partial charge >= 0.3 is 0 Å². The Hall–Kier alpha value is -2.36. The topological polar surface area (TPSA) is 35.5 Å². The Labute approximate surface area is 117 Å². The lowest BCUT2D eigenvalue weighted by Gasteiger charge is -2.12. The molecule has 0 fully saturated rings. The second-order valence-electron chi connectivity index (χ2n) is 4.24. The number of aldehydes is 1. The van der Waals surface area contributed by atoms with E-state index in [-0.39, 0.29) is 11.3 Å². The molecule has 0 aromatic heterocycles. The lowest BCUT2D eigenvalue weighted by Crippen LogP contribution is -1.97. The number of hydrogen-bond donors (Lipinski definition) is 0. The van der Waals surface area contributed by atoms with Crippen molar-refractivity contribution in [3.8, 4) is 17.2 Å². The summed E-state index contributed by atoms with van der Waals surface area (Å²) in [7, 11) is 0. The molecule has 0 bridgehead atoms. The lowest BCUT2D eigenvalue weighted by atomic mass is 10.2. The van der Waals surface area contributed by atoms with E-state index in [1.165, 1.54) is 12.1 Å². The fourth-order valence-electron chi connectivity index (χ4n) is 1.70. The fourth-order valence-corrected chi connectivity index (χ4v) is 1.70. The van der Waals surface area contributed by atoms with Crippen molar-refractivity contribution in [1.29, 1.82) is 0 Å². The molecule has 0 spiro atoms. The summed E-state index contributed by atoms with van der Waals surface area (Å²) in [6, 6.07) is 11.0. The number of ether oxygens (including phenoxy) is 2. The maximum absolute atomic E-state index is 13.4. The van der Waals surface area contributed by atoms with E-state index in [1.54, 1.807) is 18.2 Å². The van der Waals surface area contributed by atoms with Crippen molar-refractivity contribution in [2.24, 2.45) is 0 Å². The van der Waals surface area contributed by atoms with Crippen LogP contribution in [0, 0.1) is 5.82 Å². The molecule has 0 saturated heterocycles. The van der Waals surface area contributed by atoms with E-state index in [4.69, 9.17) is 9.47 Å². The predicted octanol–water partition coefficient (Wildman–Crippen LogP) is 4.22. The summed E-state index contributed by atoms with van der Waals surface area (Å²) in [5, 5.41) is 0. The van der Waals surface area contributed by atoms with Gasteiger partial charge < -0.3 is 9.47 Å². The first-order chi connectivity index (χ1) is 9.72. The van der Waals surface area contributed by atoms with Crippen LogP contribution in [0.4, 0.5) is 4.39 Å². The first kappa shape index (κ1) is 14.1. The third-order valence-electron chi connectivity index (χ3n) is 2.57. The summed E-state index contributed by atoms with van der Waals surface area (Å²) in [5.74, 6) is 0.825. The quantitative estimate of drug-likeness (QED) is 0.740. The predicted molar refractivity (Wildman–Crippen MR) is 74.1 cm³/mol. The summed E-state index contributed by atoms with van der Waals surface area (Å²) in [5.41, 5.74) is 0.229. The molecular formula is C16H15FO3. The van der Waals surface area contributed by atoms with Gasteiger partial charge in [0.2, 0.25) is 0 Å². The maximum Gasteiger partial charge on any atom is 0.169 e. The number of carbonyl (C=O) groups is 1. The summed E-state index contributed by atoms with van der Waals surface area (Å²) >= 11 is 0. The minimum Gasteiger partial charge on any atom is -0.490 e. The Bertz CT molecular complexity index is 596. The van der Waals surface area contributed by atoms with Crippen LogP contribution in [0.3, 0.4) is 0 Å². The van der Waals surface area contributed by atoms with Gasteiger partial charge in [-0.3, -0.25) is 4.79 Å². The molecule has 0 heterocycles. The van der Waals surface area contributed by atoms with Gasteiger partial charge in [-0.25, -0.2) is 4.39 Å². The zero-order valence-corrected chi connectivity index (χ0v) is 11.1. The largest absolute Gasteiger partial charge is 0.490 e. The maximum atomic E-state index is 13.4. The Morgan fingerprint density at radius 3 is 2.60 bits per heavy atom. The van der Waals surface area contributed by atoms with Crippen molar-refractivity contribution < 1.29 is 18.7 Å². The van der Waals surface area contributed by atoms with E-state index < -0.39 is 5.82 Å². The lowest BCUT2D eigenvalue weighted by molar-refractivity contribution is 0.112. The van der Waals surface area contributed by atoms with Gasteiger partial charge in [-0.15, -0.1) is 0 Å². The first-order valence-electron chi connectivity index (χ1n) is 6.38. The standard InChI is InChI=1S/C16H15FO3/c1-2-7-19-15-5-3-4-6-16(15)20-14-9-12(11-18)8-13(17)10-14/h3-6,8-11H,2,7H2,1H3. The summed E-state index contributed by atoms with van der Waals surface area (Å²) < 4.78 is 24.5. The summed E-state index contributed by atoms with van der Waals surface area (Å²) in [6.07, 6.45) is 1.46. The average molecular weight is 274 g/mol. The van der Waals surface area contributed by atoms with Crippen molar-refractivity contribution in [3.05, 3.63) is 53.8 Å². The van der Waals surface area contributed by atoms with Crippen LogP contribution < -0.4 is 9.47 Å². The Morgan fingerprint density at radius 1 is 1.15 bits per heavy atom. The van der Waals surface area contributed by atoms with Crippen LogP contribution >= 0.6 is 0 Å². The van der Waals surface area contributed by atoms with Crippen molar-refractivity contribution in [2.75, 3.05) is 6.61 Å². The highest BCUT2D eigenvalue weighted by molar-refractivity contribution is 5.75. The summed E-state index contributed by atoms with van der Waals surface area (Å²) in [6.45, 7) is 2.58. The van der Waals surface area contributed by atoms with E-state index in [9.17, 15) is 9.18 Å². The summed E-state index contributed by atoms with van der Waals surface area (Å²) in [4.78, 5) is 10.7. The third-order valence-corrected chi connectivity index (χ3v) is 2.57. The normalized spacial score (nSPS) is 10.1. The van der Waals surface area contributed by atoms with Gasteiger partial charge in [0.15, 0.2) is 11.5 Å². The highest BCUT2D eigenvalue weighted by atomic mass is 19.1. The number of hydrogen-bond acceptors (Lipinski definition) is 3. The molecular weight excluding hydrogens is 259 g/mol. The van der Waals surface area contributed by atoms with Crippen LogP contribution in [0.5, 0.6) is 17.2 Å².